The van der Waals surface area contributed by atoms with Crippen molar-refractivity contribution in [1.29, 1.82) is 0 Å². The molecule has 0 aromatic rings. The maximum absolute atomic E-state index is 10.4. The molecule has 2 N–H and O–H groups in total. The maximum Gasteiger partial charge on any atom is 0.246 e. The summed E-state index contributed by atoms with van der Waals surface area (Å²) in [6, 6.07) is 0. The van der Waals surface area contributed by atoms with Gasteiger partial charge in [0, 0.05) is 6.42 Å². The van der Waals surface area contributed by atoms with Crippen LogP contribution in [0.25, 0.3) is 0 Å². The van der Waals surface area contributed by atoms with E-state index in [1.807, 2.05) is 13.8 Å². The Kier molecular flexibility index (Phi) is 1.24. The molecule has 1 heterocycles. The van der Waals surface area contributed by atoms with Gasteiger partial charge in [-0.1, -0.05) is 0 Å². The molecule has 0 radical (unpaired) electrons. The summed E-state index contributed by atoms with van der Waals surface area (Å²) in [5.74, 6) is -0.352. The first-order chi connectivity index (χ1) is 4.01. The van der Waals surface area contributed by atoms with Gasteiger partial charge in [0.25, 0.3) is 0 Å². The first kappa shape index (κ1) is 6.55. The summed E-state index contributed by atoms with van der Waals surface area (Å²) < 4.78 is 5.11. The van der Waals surface area contributed by atoms with Crippen molar-refractivity contribution in [3.8, 4) is 0 Å². The molecule has 1 rings (SSSR count). The second kappa shape index (κ2) is 1.70. The Labute approximate surface area is 54.2 Å². The SMILES string of the molecule is CC1(C)CC(C(N)=O)O1. The van der Waals surface area contributed by atoms with Crippen molar-refractivity contribution < 1.29 is 9.53 Å². The Balaban J connectivity index is 2.35. The number of nitrogens with two attached hydrogens (primary N) is 1. The molecule has 1 atom stereocenters. The van der Waals surface area contributed by atoms with Gasteiger partial charge in [-0.15, -0.1) is 0 Å². The van der Waals surface area contributed by atoms with Gasteiger partial charge in [0.15, 0.2) is 0 Å². The van der Waals surface area contributed by atoms with E-state index >= 15 is 0 Å². The number of hydrogen-bond donors (Lipinski definition) is 1. The van der Waals surface area contributed by atoms with Crippen LogP contribution in [0.1, 0.15) is 20.3 Å². The third-order valence-electron chi connectivity index (χ3n) is 1.46. The van der Waals surface area contributed by atoms with Crippen LogP contribution in [0.3, 0.4) is 0 Å². The van der Waals surface area contributed by atoms with Crippen LogP contribution in [-0.4, -0.2) is 17.6 Å². The minimum Gasteiger partial charge on any atom is -0.367 e. The zero-order valence-corrected chi connectivity index (χ0v) is 5.68. The molecule has 0 aromatic heterocycles. The van der Waals surface area contributed by atoms with Gasteiger partial charge in [-0.2, -0.15) is 0 Å². The van der Waals surface area contributed by atoms with E-state index in [4.69, 9.17) is 10.5 Å². The average molecular weight is 129 g/mol. The van der Waals surface area contributed by atoms with Gasteiger partial charge < -0.3 is 10.5 Å². The van der Waals surface area contributed by atoms with Crippen molar-refractivity contribution >= 4 is 5.91 Å². The minimum absolute atomic E-state index is 0.125. The van der Waals surface area contributed by atoms with Gasteiger partial charge in [-0.3, -0.25) is 4.79 Å². The predicted molar refractivity (Wildman–Crippen MR) is 32.8 cm³/mol. The van der Waals surface area contributed by atoms with Crippen molar-refractivity contribution in [3.05, 3.63) is 0 Å². The monoisotopic (exact) mass is 129 g/mol. The lowest BCUT2D eigenvalue weighted by Gasteiger charge is -2.40. The van der Waals surface area contributed by atoms with Gasteiger partial charge in [-0.25, -0.2) is 0 Å². The molecule has 3 nitrogen and oxygen atoms in total. The average Bonchev–Trinajstić information content (AvgIpc) is 1.59. The summed E-state index contributed by atoms with van der Waals surface area (Å²) in [6.07, 6.45) is 0.419. The van der Waals surface area contributed by atoms with Crippen molar-refractivity contribution in [2.24, 2.45) is 5.73 Å². The van der Waals surface area contributed by atoms with Crippen molar-refractivity contribution in [2.75, 3.05) is 0 Å². The van der Waals surface area contributed by atoms with Gasteiger partial charge in [0.05, 0.1) is 5.60 Å². The molecule has 1 amide bonds. The highest BCUT2D eigenvalue weighted by atomic mass is 16.5. The van der Waals surface area contributed by atoms with Gasteiger partial charge in [0.1, 0.15) is 6.10 Å². The number of rotatable bonds is 1. The van der Waals surface area contributed by atoms with E-state index in [2.05, 4.69) is 0 Å². The van der Waals surface area contributed by atoms with Crippen molar-refractivity contribution in [1.82, 2.24) is 0 Å². The molecule has 1 saturated heterocycles. The Morgan fingerprint density at radius 1 is 1.78 bits per heavy atom. The molecule has 9 heavy (non-hydrogen) atoms. The Hall–Kier alpha value is -0.570. The fourth-order valence-corrected chi connectivity index (χ4v) is 0.981. The summed E-state index contributed by atoms with van der Waals surface area (Å²) in [7, 11) is 0. The van der Waals surface area contributed by atoms with E-state index in [0.29, 0.717) is 0 Å². The molecule has 0 bridgehead atoms. The first-order valence-corrected chi connectivity index (χ1v) is 2.98. The van der Waals surface area contributed by atoms with E-state index in [-0.39, 0.29) is 17.6 Å². The molecule has 1 fully saturated rings. The Bertz CT molecular complexity index is 134. The summed E-state index contributed by atoms with van der Waals surface area (Å²) >= 11 is 0. The molecule has 1 aliphatic heterocycles. The maximum atomic E-state index is 10.4. The van der Waals surface area contributed by atoms with Crippen molar-refractivity contribution in [3.63, 3.8) is 0 Å². The highest BCUT2D eigenvalue weighted by Gasteiger charge is 2.40. The third kappa shape index (κ3) is 1.21. The molecule has 0 saturated carbocycles. The van der Waals surface area contributed by atoms with E-state index in [1.54, 1.807) is 0 Å². The number of amides is 1. The standard InChI is InChI=1S/C6H11NO2/c1-6(2)3-4(9-6)5(7)8/h4H,3H2,1-2H3,(H2,7,8). The predicted octanol–water partition coefficient (Wildman–Crippen LogP) is 0.0392. The molecule has 0 aliphatic carbocycles. The quantitative estimate of drug-likeness (QED) is 0.543. The summed E-state index contributed by atoms with van der Waals surface area (Å²) in [6.45, 7) is 3.87. The Morgan fingerprint density at radius 3 is 2.33 bits per heavy atom. The summed E-state index contributed by atoms with van der Waals surface area (Å²) in [5, 5.41) is 0. The first-order valence-electron chi connectivity index (χ1n) is 2.98. The van der Waals surface area contributed by atoms with Gasteiger partial charge in [-0.05, 0) is 13.8 Å². The lowest BCUT2D eigenvalue weighted by atomic mass is 9.93. The zero-order chi connectivity index (χ0) is 7.07. The highest BCUT2D eigenvalue weighted by molar-refractivity contribution is 5.79. The highest BCUT2D eigenvalue weighted by Crippen LogP contribution is 2.30. The van der Waals surface area contributed by atoms with Gasteiger partial charge >= 0.3 is 0 Å². The fraction of sp³-hybridized carbons (Fsp3) is 0.833. The lowest BCUT2D eigenvalue weighted by molar-refractivity contribution is -0.190. The van der Waals surface area contributed by atoms with Crippen LogP contribution in [-0.2, 0) is 9.53 Å². The van der Waals surface area contributed by atoms with E-state index in [0.717, 1.165) is 6.42 Å². The molecule has 3 heteroatoms. The molecule has 0 spiro atoms. The third-order valence-corrected chi connectivity index (χ3v) is 1.46. The molecule has 52 valence electrons. The van der Waals surface area contributed by atoms with E-state index in [1.165, 1.54) is 0 Å². The summed E-state index contributed by atoms with van der Waals surface area (Å²) in [5.41, 5.74) is 4.83. The number of carbonyl (C=O) groups excluding carboxylic acids is 1. The van der Waals surface area contributed by atoms with Crippen LogP contribution in [0.15, 0.2) is 0 Å². The molecular formula is C6H11NO2. The van der Waals surface area contributed by atoms with Crippen molar-refractivity contribution in [2.45, 2.75) is 32.0 Å². The van der Waals surface area contributed by atoms with Crippen LogP contribution < -0.4 is 5.73 Å². The number of primary amides is 1. The molecule has 0 aromatic carbocycles. The second-order valence-electron chi connectivity index (χ2n) is 2.97. The number of hydrogen-bond acceptors (Lipinski definition) is 2. The van der Waals surface area contributed by atoms with E-state index < -0.39 is 0 Å². The Morgan fingerprint density at radius 2 is 2.22 bits per heavy atom. The van der Waals surface area contributed by atoms with Crippen LogP contribution in [0.4, 0.5) is 0 Å². The van der Waals surface area contributed by atoms with E-state index in [9.17, 15) is 4.79 Å². The normalized spacial score (nSPS) is 31.1. The minimum atomic E-state index is -0.352. The molecule has 1 aliphatic rings. The van der Waals surface area contributed by atoms with Gasteiger partial charge in [0.2, 0.25) is 5.91 Å². The summed E-state index contributed by atoms with van der Waals surface area (Å²) in [4.78, 5) is 10.4. The molecular weight excluding hydrogens is 118 g/mol. The van der Waals surface area contributed by atoms with Crippen LogP contribution in [0, 0.1) is 0 Å². The largest absolute Gasteiger partial charge is 0.367 e. The second-order valence-corrected chi connectivity index (χ2v) is 2.97. The lowest BCUT2D eigenvalue weighted by Crippen LogP contribution is -2.52. The number of ether oxygens (including phenoxy) is 1. The van der Waals surface area contributed by atoms with Crippen LogP contribution >= 0.6 is 0 Å². The number of carbonyl (C=O) groups is 1. The van der Waals surface area contributed by atoms with Crippen LogP contribution in [0.2, 0.25) is 0 Å². The fourth-order valence-electron chi connectivity index (χ4n) is 0.981. The smallest absolute Gasteiger partial charge is 0.246 e. The molecule has 1 unspecified atom stereocenters. The topological polar surface area (TPSA) is 52.3 Å². The zero-order valence-electron chi connectivity index (χ0n) is 5.68. The van der Waals surface area contributed by atoms with Crippen LogP contribution in [0.5, 0.6) is 0 Å².